The number of primary amides is 1. The first kappa shape index (κ1) is 23.0. The van der Waals surface area contributed by atoms with Gasteiger partial charge in [0.1, 0.15) is 5.70 Å². The van der Waals surface area contributed by atoms with Crippen LogP contribution < -0.4 is 5.73 Å². The van der Waals surface area contributed by atoms with Crippen molar-refractivity contribution in [1.29, 1.82) is 0 Å². The Morgan fingerprint density at radius 1 is 1.29 bits per heavy atom. The summed E-state index contributed by atoms with van der Waals surface area (Å²) in [4.78, 5) is 51.4. The van der Waals surface area contributed by atoms with Crippen LogP contribution in [0.4, 0.5) is 0 Å². The summed E-state index contributed by atoms with van der Waals surface area (Å²) in [7, 11) is 0. The van der Waals surface area contributed by atoms with E-state index >= 15 is 0 Å². The summed E-state index contributed by atoms with van der Waals surface area (Å²) in [5.74, 6) is -2.75. The van der Waals surface area contributed by atoms with E-state index in [-0.39, 0.29) is 24.1 Å². The highest BCUT2D eigenvalue weighted by Crippen LogP contribution is 2.48. The molecule has 2 aliphatic rings. The molecule has 0 unspecified atom stereocenters. The van der Waals surface area contributed by atoms with E-state index in [0.29, 0.717) is 16.9 Å². The number of amides is 2. The smallest absolute Gasteiger partial charge is 0.358 e. The zero-order valence-corrected chi connectivity index (χ0v) is 18.7. The monoisotopic (exact) mass is 450 g/mol. The standard InChI is InChI=1S/C21H26N2O7S/c1-10(24)16-13-8-12(14-6-5-11(31-14)7-15(22)25)17(23(13)18(16)26)19(27)29-9-30-20(28)21(2,3)4/h5-6,10,13,16,24H,7-9H2,1-4H3,(H2,22,25)/t10-,13-,16-/m1/s1. The number of carbonyl (C=O) groups is 4. The van der Waals surface area contributed by atoms with Crippen LogP contribution in [0, 0.1) is 11.3 Å². The van der Waals surface area contributed by atoms with Crippen LogP contribution in [0.3, 0.4) is 0 Å². The molecule has 1 aromatic rings. The minimum absolute atomic E-state index is 0.0723. The molecule has 0 saturated carbocycles. The van der Waals surface area contributed by atoms with Gasteiger partial charge >= 0.3 is 11.9 Å². The molecule has 0 radical (unpaired) electrons. The van der Waals surface area contributed by atoms with E-state index < -0.39 is 42.1 Å². The van der Waals surface area contributed by atoms with Crippen molar-refractivity contribution in [3.05, 3.63) is 27.6 Å². The van der Waals surface area contributed by atoms with Crippen molar-refractivity contribution in [1.82, 2.24) is 4.90 Å². The molecule has 31 heavy (non-hydrogen) atoms. The predicted molar refractivity (Wildman–Crippen MR) is 111 cm³/mol. The van der Waals surface area contributed by atoms with Crippen molar-refractivity contribution in [3.63, 3.8) is 0 Å². The van der Waals surface area contributed by atoms with Crippen molar-refractivity contribution in [2.75, 3.05) is 6.79 Å². The summed E-state index contributed by atoms with van der Waals surface area (Å²) >= 11 is 1.30. The van der Waals surface area contributed by atoms with Crippen LogP contribution >= 0.6 is 11.3 Å². The Bertz CT molecular complexity index is 957. The highest BCUT2D eigenvalue weighted by molar-refractivity contribution is 7.13. The van der Waals surface area contributed by atoms with Crippen LogP contribution in [0.15, 0.2) is 17.8 Å². The van der Waals surface area contributed by atoms with Crippen LogP contribution in [0.25, 0.3) is 5.57 Å². The van der Waals surface area contributed by atoms with Crippen LogP contribution in [0.1, 0.15) is 43.9 Å². The van der Waals surface area contributed by atoms with Gasteiger partial charge in [-0.2, -0.15) is 0 Å². The lowest BCUT2D eigenvalue weighted by molar-refractivity contribution is -0.175. The van der Waals surface area contributed by atoms with Gasteiger partial charge in [0.05, 0.1) is 29.9 Å². The first-order valence-electron chi connectivity index (χ1n) is 9.87. The van der Waals surface area contributed by atoms with Crippen LogP contribution in [-0.4, -0.2) is 52.7 Å². The van der Waals surface area contributed by atoms with E-state index in [1.807, 2.05) is 0 Å². The molecule has 9 nitrogen and oxygen atoms in total. The molecule has 2 amide bonds. The van der Waals surface area contributed by atoms with Gasteiger partial charge < -0.3 is 25.2 Å². The minimum atomic E-state index is -0.855. The SMILES string of the molecule is C[C@@H](O)[C@H]1C(=O)N2C(C(=O)OCOC(=O)C(C)(C)C)=C(c3ccc(CC(N)=O)s3)C[C@H]12. The largest absolute Gasteiger partial charge is 0.427 e. The Morgan fingerprint density at radius 3 is 2.55 bits per heavy atom. The van der Waals surface area contributed by atoms with Gasteiger partial charge in [-0.15, -0.1) is 11.3 Å². The average molecular weight is 451 g/mol. The molecule has 0 aliphatic carbocycles. The Kier molecular flexibility index (Phi) is 6.24. The summed E-state index contributed by atoms with van der Waals surface area (Å²) in [6.45, 7) is 5.99. The van der Waals surface area contributed by atoms with Gasteiger partial charge in [-0.05, 0) is 46.2 Å². The van der Waals surface area contributed by atoms with Crippen LogP contribution in [0.2, 0.25) is 0 Å². The molecule has 0 aromatic carbocycles. The Labute approximate surface area is 183 Å². The Hall–Kier alpha value is -2.72. The second-order valence-electron chi connectivity index (χ2n) is 8.71. The lowest BCUT2D eigenvalue weighted by atomic mass is 9.83. The molecule has 3 heterocycles. The quantitative estimate of drug-likeness (QED) is 0.362. The van der Waals surface area contributed by atoms with Crippen molar-refractivity contribution in [2.45, 2.75) is 52.7 Å². The van der Waals surface area contributed by atoms with Crippen LogP contribution in [-0.2, 0) is 35.1 Å². The molecule has 1 fully saturated rings. The molecule has 0 bridgehead atoms. The fraction of sp³-hybridized carbons (Fsp3) is 0.524. The van der Waals surface area contributed by atoms with E-state index in [0.717, 1.165) is 4.88 Å². The topological polar surface area (TPSA) is 136 Å². The maximum absolute atomic E-state index is 12.9. The van der Waals surface area contributed by atoms with Gasteiger partial charge in [-0.3, -0.25) is 14.4 Å². The second-order valence-corrected chi connectivity index (χ2v) is 9.88. The van der Waals surface area contributed by atoms with E-state index in [2.05, 4.69) is 0 Å². The Morgan fingerprint density at radius 2 is 1.97 bits per heavy atom. The molecule has 3 rings (SSSR count). The van der Waals surface area contributed by atoms with Gasteiger partial charge in [0.2, 0.25) is 18.6 Å². The maximum Gasteiger partial charge on any atom is 0.358 e. The molecular formula is C21H26N2O7S. The van der Waals surface area contributed by atoms with E-state index in [4.69, 9.17) is 15.2 Å². The third-order valence-electron chi connectivity index (χ3n) is 5.22. The molecule has 2 aliphatic heterocycles. The van der Waals surface area contributed by atoms with E-state index in [1.54, 1.807) is 32.9 Å². The van der Waals surface area contributed by atoms with Gasteiger partial charge in [-0.1, -0.05) is 0 Å². The number of fused-ring (bicyclic) bond motifs is 1. The number of esters is 2. The number of carbonyl (C=O) groups excluding carboxylic acids is 4. The number of nitrogens with two attached hydrogens (primary N) is 1. The molecule has 10 heteroatoms. The molecule has 3 atom stereocenters. The highest BCUT2D eigenvalue weighted by atomic mass is 32.1. The Balaban J connectivity index is 1.84. The molecule has 168 valence electrons. The lowest BCUT2D eigenvalue weighted by Gasteiger charge is -2.44. The van der Waals surface area contributed by atoms with Crippen molar-refractivity contribution in [3.8, 4) is 0 Å². The van der Waals surface area contributed by atoms with Crippen molar-refractivity contribution in [2.24, 2.45) is 17.1 Å². The molecule has 0 spiro atoms. The average Bonchev–Trinajstić information content (AvgIpc) is 3.22. The van der Waals surface area contributed by atoms with Gasteiger partial charge in [0.15, 0.2) is 0 Å². The zero-order chi connectivity index (χ0) is 23.1. The summed E-state index contributed by atoms with van der Waals surface area (Å²) in [6, 6.07) is 3.15. The predicted octanol–water partition coefficient (Wildman–Crippen LogP) is 1.19. The number of aliphatic hydroxyl groups is 1. The van der Waals surface area contributed by atoms with Crippen molar-refractivity contribution >= 4 is 40.7 Å². The van der Waals surface area contributed by atoms with Crippen LogP contribution in [0.5, 0.6) is 0 Å². The number of hydrogen-bond acceptors (Lipinski definition) is 8. The summed E-state index contributed by atoms with van der Waals surface area (Å²) in [6.07, 6.45) is -0.417. The first-order valence-corrected chi connectivity index (χ1v) is 10.7. The molecule has 1 aromatic heterocycles. The van der Waals surface area contributed by atoms with E-state index in [9.17, 15) is 24.3 Å². The summed E-state index contributed by atoms with van der Waals surface area (Å²) in [5, 5.41) is 9.96. The van der Waals surface area contributed by atoms with Gasteiger partial charge in [0.25, 0.3) is 0 Å². The fourth-order valence-corrected chi connectivity index (χ4v) is 4.78. The number of hydrogen-bond donors (Lipinski definition) is 2. The molecule has 1 saturated heterocycles. The van der Waals surface area contributed by atoms with Gasteiger partial charge in [0, 0.05) is 15.3 Å². The molecule has 3 N–H and O–H groups in total. The maximum atomic E-state index is 12.9. The number of β-lactam (4-membered cyclic amide) rings is 1. The second kappa shape index (κ2) is 8.43. The number of ether oxygens (including phenoxy) is 2. The summed E-state index contributed by atoms with van der Waals surface area (Å²) in [5.41, 5.74) is 5.17. The lowest BCUT2D eigenvalue weighted by Crippen LogP contribution is -2.61. The van der Waals surface area contributed by atoms with E-state index in [1.165, 1.54) is 23.2 Å². The normalized spacial score (nSPS) is 21.5. The number of thiophene rings is 1. The highest BCUT2D eigenvalue weighted by Gasteiger charge is 2.57. The molecular weight excluding hydrogens is 424 g/mol. The van der Waals surface area contributed by atoms with Crippen molar-refractivity contribution < 1.29 is 33.8 Å². The minimum Gasteiger partial charge on any atom is -0.427 e. The summed E-state index contributed by atoms with van der Waals surface area (Å²) < 4.78 is 10.1. The number of rotatable bonds is 7. The number of aliphatic hydroxyl groups excluding tert-OH is 1. The number of nitrogens with zero attached hydrogens (tertiary/aromatic N) is 1. The fourth-order valence-electron chi connectivity index (χ4n) is 3.71. The first-order chi connectivity index (χ1) is 14.4. The van der Waals surface area contributed by atoms with Gasteiger partial charge in [-0.25, -0.2) is 4.79 Å². The third-order valence-corrected chi connectivity index (χ3v) is 6.37. The zero-order valence-electron chi connectivity index (χ0n) is 17.8. The third kappa shape index (κ3) is 4.49.